The van der Waals surface area contributed by atoms with Gasteiger partial charge in [-0.05, 0) is 26.1 Å². The van der Waals surface area contributed by atoms with E-state index in [0.29, 0.717) is 5.69 Å². The Labute approximate surface area is 112 Å². The zero-order chi connectivity index (χ0) is 13.4. The second kappa shape index (κ2) is 4.66. The first kappa shape index (κ1) is 12.2. The van der Waals surface area contributed by atoms with Crippen molar-refractivity contribution < 1.29 is 4.79 Å². The number of rotatable bonds is 1. The molecule has 1 aliphatic rings. The third-order valence-electron chi connectivity index (χ3n) is 3.70. The van der Waals surface area contributed by atoms with E-state index >= 15 is 0 Å². The fraction of sp³-hybridized carbons (Fsp3) is 0.429. The summed E-state index contributed by atoms with van der Waals surface area (Å²) < 4.78 is 1.88. The lowest BCUT2D eigenvalue weighted by atomic mass is 10.2. The number of piperazine rings is 1. The number of likely N-dealkylation sites (N-methyl/N-ethyl adjacent to an activating group) is 1. The number of nitrogens with zero attached hydrogens (tertiary/aromatic N) is 4. The van der Waals surface area contributed by atoms with Crippen molar-refractivity contribution >= 4 is 11.6 Å². The van der Waals surface area contributed by atoms with Gasteiger partial charge in [0.2, 0.25) is 0 Å². The number of hydrogen-bond donors (Lipinski definition) is 0. The van der Waals surface area contributed by atoms with Crippen LogP contribution in [0.1, 0.15) is 16.2 Å². The highest BCUT2D eigenvalue weighted by molar-refractivity contribution is 5.94. The van der Waals surface area contributed by atoms with E-state index in [-0.39, 0.29) is 5.91 Å². The number of aryl methyl sites for hydroxylation is 1. The van der Waals surface area contributed by atoms with Crippen LogP contribution in [-0.2, 0) is 0 Å². The summed E-state index contributed by atoms with van der Waals surface area (Å²) in [6, 6.07) is 5.79. The van der Waals surface area contributed by atoms with Crippen LogP contribution >= 0.6 is 0 Å². The van der Waals surface area contributed by atoms with Gasteiger partial charge in [0, 0.05) is 32.4 Å². The van der Waals surface area contributed by atoms with Crippen LogP contribution in [0.3, 0.4) is 0 Å². The van der Waals surface area contributed by atoms with E-state index in [1.54, 1.807) is 0 Å². The van der Waals surface area contributed by atoms with Gasteiger partial charge in [0.25, 0.3) is 5.91 Å². The fourth-order valence-corrected chi connectivity index (χ4v) is 2.53. The molecule has 2 aromatic rings. The van der Waals surface area contributed by atoms with E-state index in [1.807, 2.05) is 40.6 Å². The van der Waals surface area contributed by atoms with Crippen LogP contribution in [0.5, 0.6) is 0 Å². The molecule has 0 aromatic carbocycles. The van der Waals surface area contributed by atoms with Crippen molar-refractivity contribution in [1.29, 1.82) is 0 Å². The van der Waals surface area contributed by atoms with Gasteiger partial charge in [-0.3, -0.25) is 9.20 Å². The minimum absolute atomic E-state index is 0.0873. The molecule has 0 atom stereocenters. The van der Waals surface area contributed by atoms with E-state index in [4.69, 9.17) is 0 Å². The summed E-state index contributed by atoms with van der Waals surface area (Å²) >= 11 is 0. The Hall–Kier alpha value is -1.88. The van der Waals surface area contributed by atoms with E-state index in [9.17, 15) is 4.79 Å². The fourth-order valence-electron chi connectivity index (χ4n) is 2.53. The summed E-state index contributed by atoms with van der Waals surface area (Å²) in [5, 5.41) is 0. The van der Waals surface area contributed by atoms with Gasteiger partial charge in [0.05, 0.1) is 5.69 Å². The summed E-state index contributed by atoms with van der Waals surface area (Å²) in [4.78, 5) is 21.3. The lowest BCUT2D eigenvalue weighted by Crippen LogP contribution is -2.47. The van der Waals surface area contributed by atoms with Crippen LogP contribution in [0.25, 0.3) is 5.65 Å². The van der Waals surface area contributed by atoms with Gasteiger partial charge in [0.15, 0.2) is 0 Å². The molecular formula is C14H18N4O. The van der Waals surface area contributed by atoms with E-state index in [1.165, 1.54) is 0 Å². The largest absolute Gasteiger partial charge is 0.335 e. The lowest BCUT2D eigenvalue weighted by molar-refractivity contribution is 0.0656. The Kier molecular flexibility index (Phi) is 2.98. The molecule has 1 fully saturated rings. The first-order chi connectivity index (χ1) is 9.16. The quantitative estimate of drug-likeness (QED) is 0.767. The third-order valence-corrected chi connectivity index (χ3v) is 3.70. The number of aromatic nitrogens is 2. The summed E-state index contributed by atoms with van der Waals surface area (Å²) in [7, 11) is 2.08. The van der Waals surface area contributed by atoms with Gasteiger partial charge in [-0.2, -0.15) is 0 Å². The van der Waals surface area contributed by atoms with Crippen LogP contribution in [0.4, 0.5) is 0 Å². The molecule has 0 saturated carbocycles. The topological polar surface area (TPSA) is 40.9 Å². The molecule has 19 heavy (non-hydrogen) atoms. The Morgan fingerprint density at radius 2 is 1.95 bits per heavy atom. The zero-order valence-electron chi connectivity index (χ0n) is 11.3. The maximum Gasteiger partial charge on any atom is 0.272 e. The number of carbonyl (C=O) groups is 1. The van der Waals surface area contributed by atoms with Gasteiger partial charge in [-0.1, -0.05) is 6.07 Å². The smallest absolute Gasteiger partial charge is 0.272 e. The van der Waals surface area contributed by atoms with E-state index < -0.39 is 0 Å². The van der Waals surface area contributed by atoms with Crippen molar-refractivity contribution in [3.8, 4) is 0 Å². The highest BCUT2D eigenvalue weighted by Gasteiger charge is 2.24. The van der Waals surface area contributed by atoms with E-state index in [2.05, 4.69) is 16.9 Å². The Morgan fingerprint density at radius 3 is 2.68 bits per heavy atom. The number of hydrogen-bond acceptors (Lipinski definition) is 3. The first-order valence-electron chi connectivity index (χ1n) is 6.58. The van der Waals surface area contributed by atoms with Crippen LogP contribution in [0.15, 0.2) is 24.4 Å². The molecular weight excluding hydrogens is 240 g/mol. The highest BCUT2D eigenvalue weighted by Crippen LogP contribution is 2.15. The molecule has 0 N–H and O–H groups in total. The molecule has 0 unspecified atom stereocenters. The summed E-state index contributed by atoms with van der Waals surface area (Å²) in [6.45, 7) is 5.34. The monoisotopic (exact) mass is 258 g/mol. The minimum atomic E-state index is 0.0873. The Bertz CT molecular complexity index is 611. The predicted octanol–water partition coefficient (Wildman–Crippen LogP) is 1.03. The number of imidazole rings is 1. The molecule has 1 amide bonds. The molecule has 0 aliphatic carbocycles. The van der Waals surface area contributed by atoms with Crippen LogP contribution in [0.2, 0.25) is 0 Å². The van der Waals surface area contributed by atoms with Crippen molar-refractivity contribution in [2.24, 2.45) is 0 Å². The molecule has 1 saturated heterocycles. The van der Waals surface area contributed by atoms with Gasteiger partial charge in [-0.15, -0.1) is 0 Å². The van der Waals surface area contributed by atoms with Crippen LogP contribution in [0, 0.1) is 6.92 Å². The predicted molar refractivity (Wildman–Crippen MR) is 73.3 cm³/mol. The maximum absolute atomic E-state index is 12.6. The molecule has 1 aliphatic heterocycles. The Balaban J connectivity index is 1.95. The molecule has 3 rings (SSSR count). The molecule has 5 heteroatoms. The molecule has 3 heterocycles. The summed E-state index contributed by atoms with van der Waals surface area (Å²) in [5.41, 5.74) is 2.33. The van der Waals surface area contributed by atoms with Crippen molar-refractivity contribution in [1.82, 2.24) is 19.2 Å². The van der Waals surface area contributed by atoms with Crippen molar-refractivity contribution in [2.75, 3.05) is 33.2 Å². The summed E-state index contributed by atoms with van der Waals surface area (Å²) in [6.07, 6.45) is 1.90. The first-order valence-corrected chi connectivity index (χ1v) is 6.58. The average Bonchev–Trinajstić information content (AvgIpc) is 2.74. The van der Waals surface area contributed by atoms with E-state index in [0.717, 1.165) is 37.5 Å². The van der Waals surface area contributed by atoms with Crippen LogP contribution in [-0.4, -0.2) is 58.3 Å². The standard InChI is InChI=1S/C14H18N4O/c1-11-13(18-6-4-3-5-12(18)15-11)14(19)17-9-7-16(2)8-10-17/h3-6H,7-10H2,1-2H3. The normalized spacial score (nSPS) is 17.1. The van der Waals surface area contributed by atoms with Gasteiger partial charge in [0.1, 0.15) is 11.3 Å². The van der Waals surface area contributed by atoms with Crippen LogP contribution < -0.4 is 0 Å². The van der Waals surface area contributed by atoms with Gasteiger partial charge >= 0.3 is 0 Å². The lowest BCUT2D eigenvalue weighted by Gasteiger charge is -2.32. The third kappa shape index (κ3) is 2.10. The maximum atomic E-state index is 12.6. The van der Waals surface area contributed by atoms with Gasteiger partial charge in [-0.25, -0.2) is 4.98 Å². The van der Waals surface area contributed by atoms with Crippen molar-refractivity contribution in [3.63, 3.8) is 0 Å². The number of amides is 1. The molecule has 0 spiro atoms. The molecule has 0 radical (unpaired) electrons. The van der Waals surface area contributed by atoms with Crippen molar-refractivity contribution in [2.45, 2.75) is 6.92 Å². The molecule has 100 valence electrons. The zero-order valence-corrected chi connectivity index (χ0v) is 11.3. The highest BCUT2D eigenvalue weighted by atomic mass is 16.2. The second-order valence-electron chi connectivity index (χ2n) is 5.07. The molecule has 0 bridgehead atoms. The SMILES string of the molecule is Cc1nc2ccccn2c1C(=O)N1CCN(C)CC1. The molecule has 2 aromatic heterocycles. The number of fused-ring (bicyclic) bond motifs is 1. The van der Waals surface area contributed by atoms with Crippen molar-refractivity contribution in [3.05, 3.63) is 35.8 Å². The number of pyridine rings is 1. The van der Waals surface area contributed by atoms with Gasteiger partial charge < -0.3 is 9.80 Å². The molecule has 5 nitrogen and oxygen atoms in total. The number of carbonyl (C=O) groups excluding carboxylic acids is 1. The minimum Gasteiger partial charge on any atom is -0.335 e. The Morgan fingerprint density at radius 1 is 1.21 bits per heavy atom. The summed E-state index contributed by atoms with van der Waals surface area (Å²) in [5.74, 6) is 0.0873. The average molecular weight is 258 g/mol. The second-order valence-corrected chi connectivity index (χ2v) is 5.07.